The zero-order valence-electron chi connectivity index (χ0n) is 13.9. The third-order valence-corrected chi connectivity index (χ3v) is 4.81. The van der Waals surface area contributed by atoms with Crippen LogP contribution >= 0.6 is 0 Å². The van der Waals surface area contributed by atoms with Gasteiger partial charge in [0.15, 0.2) is 6.39 Å². The van der Waals surface area contributed by atoms with Crippen LogP contribution in [-0.4, -0.2) is 44.8 Å². The Bertz CT molecular complexity index is 719. The number of carbonyl (C=O) groups excluding carboxylic acids is 1. The molecule has 0 N–H and O–H groups in total. The molecule has 2 aromatic heterocycles. The molecule has 1 atom stereocenters. The van der Waals surface area contributed by atoms with Crippen molar-refractivity contribution in [1.29, 1.82) is 0 Å². The largest absolute Gasteiger partial charge is 0.438 e. The number of hydrogen-bond acceptors (Lipinski definition) is 5. The highest BCUT2D eigenvalue weighted by atomic mass is 16.5. The molecule has 2 aromatic rings. The number of rotatable bonds is 5. The van der Waals surface area contributed by atoms with Gasteiger partial charge in [-0.15, -0.1) is 0 Å². The summed E-state index contributed by atoms with van der Waals surface area (Å²) in [5, 5.41) is 4.35. The van der Waals surface area contributed by atoms with Crippen molar-refractivity contribution in [3.8, 4) is 0 Å². The molecule has 0 radical (unpaired) electrons. The summed E-state index contributed by atoms with van der Waals surface area (Å²) in [5.41, 5.74) is 1.65. The van der Waals surface area contributed by atoms with Crippen LogP contribution in [0, 0.1) is 12.8 Å². The normalized spacial score (nSPS) is 20.7. The third-order valence-electron chi connectivity index (χ3n) is 4.81. The van der Waals surface area contributed by atoms with E-state index in [0.717, 1.165) is 25.3 Å². The molecular weight excluding hydrogens is 308 g/mol. The fourth-order valence-electron chi connectivity index (χ4n) is 3.13. The van der Waals surface area contributed by atoms with E-state index in [-0.39, 0.29) is 11.9 Å². The molecule has 1 aliphatic carbocycles. The lowest BCUT2D eigenvalue weighted by atomic mass is 10.1. The number of fused-ring (bicyclic) bond motifs is 1. The second-order valence-corrected chi connectivity index (χ2v) is 6.67. The number of carbonyl (C=O) groups is 1. The number of oxazole rings is 1. The highest BCUT2D eigenvalue weighted by Gasteiger charge is 2.32. The zero-order chi connectivity index (χ0) is 16.5. The zero-order valence-corrected chi connectivity index (χ0v) is 13.9. The minimum atomic E-state index is -0.125. The molecule has 24 heavy (non-hydrogen) atoms. The second kappa shape index (κ2) is 6.39. The van der Waals surface area contributed by atoms with E-state index in [4.69, 9.17) is 9.15 Å². The van der Waals surface area contributed by atoms with Gasteiger partial charge < -0.3 is 14.1 Å². The molecule has 0 unspecified atom stereocenters. The molecule has 128 valence electrons. The van der Waals surface area contributed by atoms with Crippen LogP contribution in [0.3, 0.4) is 0 Å². The van der Waals surface area contributed by atoms with Gasteiger partial charge in [-0.3, -0.25) is 9.48 Å². The first-order chi connectivity index (χ1) is 11.7. The number of amides is 1. The molecule has 7 nitrogen and oxygen atoms in total. The minimum Gasteiger partial charge on any atom is -0.438 e. The predicted octanol–water partition coefficient (Wildman–Crippen LogP) is 2.02. The standard InChI is InChI=1S/C17H22N4O3/c1-12-16(24-11-18-12)17(22)20-8-14-4-6-19-21(14)7-5-15(20)10-23-9-13-2-3-13/h4,6,11,13,15H,2-3,5,7-10H2,1H3/t15-/m0/s1. The molecule has 0 saturated heterocycles. The highest BCUT2D eigenvalue weighted by molar-refractivity contribution is 5.92. The van der Waals surface area contributed by atoms with Gasteiger partial charge in [0.05, 0.1) is 30.6 Å². The average Bonchev–Trinajstić information content (AvgIpc) is 3.19. The van der Waals surface area contributed by atoms with Crippen molar-refractivity contribution in [2.75, 3.05) is 13.2 Å². The first-order valence-corrected chi connectivity index (χ1v) is 8.52. The van der Waals surface area contributed by atoms with Gasteiger partial charge in [-0.25, -0.2) is 4.98 Å². The Balaban J connectivity index is 1.54. The van der Waals surface area contributed by atoms with Gasteiger partial charge in [-0.05, 0) is 38.2 Å². The van der Waals surface area contributed by atoms with E-state index in [2.05, 4.69) is 10.1 Å². The number of ether oxygens (including phenoxy) is 1. The first-order valence-electron chi connectivity index (χ1n) is 8.52. The van der Waals surface area contributed by atoms with Crippen LogP contribution in [0.4, 0.5) is 0 Å². The van der Waals surface area contributed by atoms with E-state index in [1.54, 1.807) is 13.1 Å². The minimum absolute atomic E-state index is 0.0162. The van der Waals surface area contributed by atoms with Crippen LogP contribution < -0.4 is 0 Å². The van der Waals surface area contributed by atoms with Crippen LogP contribution in [0.25, 0.3) is 0 Å². The van der Waals surface area contributed by atoms with Crippen molar-refractivity contribution < 1.29 is 13.9 Å². The molecule has 3 heterocycles. The lowest BCUT2D eigenvalue weighted by Gasteiger charge is -2.29. The van der Waals surface area contributed by atoms with E-state index in [0.29, 0.717) is 30.5 Å². The molecule has 7 heteroatoms. The average molecular weight is 330 g/mol. The van der Waals surface area contributed by atoms with Gasteiger partial charge in [-0.1, -0.05) is 0 Å². The van der Waals surface area contributed by atoms with Crippen LogP contribution in [0.5, 0.6) is 0 Å². The van der Waals surface area contributed by atoms with Crippen molar-refractivity contribution in [2.24, 2.45) is 5.92 Å². The lowest BCUT2D eigenvalue weighted by molar-refractivity contribution is 0.0348. The van der Waals surface area contributed by atoms with Crippen molar-refractivity contribution in [1.82, 2.24) is 19.7 Å². The summed E-state index contributed by atoms with van der Waals surface area (Å²) in [4.78, 5) is 18.9. The Morgan fingerprint density at radius 1 is 1.38 bits per heavy atom. The summed E-state index contributed by atoms with van der Waals surface area (Å²) < 4.78 is 13.2. The third kappa shape index (κ3) is 3.08. The fraction of sp³-hybridized carbons (Fsp3) is 0.588. The van der Waals surface area contributed by atoms with Crippen molar-refractivity contribution >= 4 is 5.91 Å². The molecule has 4 rings (SSSR count). The van der Waals surface area contributed by atoms with Gasteiger partial charge in [0.25, 0.3) is 5.91 Å². The Hall–Kier alpha value is -2.15. The summed E-state index contributed by atoms with van der Waals surface area (Å²) in [6, 6.07) is 1.98. The van der Waals surface area contributed by atoms with E-state index < -0.39 is 0 Å². The number of aromatic nitrogens is 3. The SMILES string of the molecule is Cc1ncoc1C(=O)N1Cc2ccnn2CC[C@H]1COCC1CC1. The Kier molecular flexibility index (Phi) is 4.10. The smallest absolute Gasteiger partial charge is 0.292 e. The maximum Gasteiger partial charge on any atom is 0.292 e. The molecule has 2 aliphatic rings. The quantitative estimate of drug-likeness (QED) is 0.838. The highest BCUT2D eigenvalue weighted by Crippen LogP contribution is 2.29. The second-order valence-electron chi connectivity index (χ2n) is 6.67. The van der Waals surface area contributed by atoms with Gasteiger partial charge >= 0.3 is 0 Å². The Morgan fingerprint density at radius 2 is 2.25 bits per heavy atom. The molecular formula is C17H22N4O3. The van der Waals surface area contributed by atoms with Crippen molar-refractivity contribution in [2.45, 2.75) is 45.3 Å². The van der Waals surface area contributed by atoms with Gasteiger partial charge in [0.1, 0.15) is 0 Å². The van der Waals surface area contributed by atoms with Gasteiger partial charge in [0.2, 0.25) is 5.76 Å². The molecule has 0 aromatic carbocycles. The summed E-state index contributed by atoms with van der Waals surface area (Å²) >= 11 is 0. The maximum absolute atomic E-state index is 13.0. The van der Waals surface area contributed by atoms with E-state index in [1.165, 1.54) is 19.2 Å². The van der Waals surface area contributed by atoms with Crippen LogP contribution in [0.15, 0.2) is 23.1 Å². The first kappa shape index (κ1) is 15.4. The van der Waals surface area contributed by atoms with Crippen molar-refractivity contribution in [3.63, 3.8) is 0 Å². The lowest BCUT2D eigenvalue weighted by Crippen LogP contribution is -2.42. The summed E-state index contributed by atoms with van der Waals surface area (Å²) in [6.45, 7) is 4.44. The summed E-state index contributed by atoms with van der Waals surface area (Å²) in [5.74, 6) is 0.904. The topological polar surface area (TPSA) is 73.4 Å². The van der Waals surface area contributed by atoms with Gasteiger partial charge in [-0.2, -0.15) is 5.10 Å². The number of hydrogen-bond donors (Lipinski definition) is 0. The number of nitrogens with zero attached hydrogens (tertiary/aromatic N) is 4. The number of aryl methyl sites for hydroxylation is 2. The van der Waals surface area contributed by atoms with E-state index >= 15 is 0 Å². The predicted molar refractivity (Wildman–Crippen MR) is 85.3 cm³/mol. The van der Waals surface area contributed by atoms with E-state index in [9.17, 15) is 4.79 Å². The Labute approximate surface area is 140 Å². The van der Waals surface area contributed by atoms with Gasteiger partial charge in [0, 0.05) is 19.3 Å². The summed E-state index contributed by atoms with van der Waals surface area (Å²) in [7, 11) is 0. The molecule has 0 spiro atoms. The molecule has 1 saturated carbocycles. The molecule has 1 amide bonds. The molecule has 1 aliphatic heterocycles. The van der Waals surface area contributed by atoms with Crippen LogP contribution in [-0.2, 0) is 17.8 Å². The molecule has 0 bridgehead atoms. The fourth-order valence-corrected chi connectivity index (χ4v) is 3.13. The maximum atomic E-state index is 13.0. The van der Waals surface area contributed by atoms with Crippen LogP contribution in [0.2, 0.25) is 0 Å². The Morgan fingerprint density at radius 3 is 3.00 bits per heavy atom. The van der Waals surface area contributed by atoms with E-state index in [1.807, 2.05) is 15.6 Å². The molecule has 1 fully saturated rings. The summed E-state index contributed by atoms with van der Waals surface area (Å²) in [6.07, 6.45) is 6.45. The van der Waals surface area contributed by atoms with Crippen molar-refractivity contribution in [3.05, 3.63) is 35.8 Å². The monoisotopic (exact) mass is 330 g/mol. The van der Waals surface area contributed by atoms with Crippen LogP contribution in [0.1, 0.15) is 41.2 Å².